The molecule has 1 aliphatic heterocycles. The molecule has 1 atom stereocenters. The van der Waals surface area contributed by atoms with Crippen LogP contribution in [0.15, 0.2) is 29.2 Å². The molecule has 0 radical (unpaired) electrons. The summed E-state index contributed by atoms with van der Waals surface area (Å²) in [4.78, 5) is 0.196. The predicted octanol–water partition coefficient (Wildman–Crippen LogP) is 1.02. The van der Waals surface area contributed by atoms with Crippen LogP contribution in [0.4, 0.5) is 5.69 Å². The van der Waals surface area contributed by atoms with E-state index in [4.69, 9.17) is 10.6 Å². The summed E-state index contributed by atoms with van der Waals surface area (Å²) < 4.78 is 31.9. The Bertz CT molecular complexity index is 542. The summed E-state index contributed by atoms with van der Waals surface area (Å²) in [6.07, 6.45) is 1.98. The minimum Gasteiger partial charge on any atom is -0.381 e. The summed E-state index contributed by atoms with van der Waals surface area (Å²) in [5.74, 6) is 5.63. The van der Waals surface area contributed by atoms with Gasteiger partial charge >= 0.3 is 0 Å². The Labute approximate surface area is 119 Å². The van der Waals surface area contributed by atoms with Crippen molar-refractivity contribution in [2.75, 3.05) is 32.2 Å². The van der Waals surface area contributed by atoms with Gasteiger partial charge in [0.15, 0.2) is 0 Å². The highest BCUT2D eigenvalue weighted by molar-refractivity contribution is 7.89. The average molecular weight is 299 g/mol. The average Bonchev–Trinajstić information content (AvgIpc) is 2.48. The molecule has 6 nitrogen and oxygen atoms in total. The smallest absolute Gasteiger partial charge is 0.244 e. The number of nitrogen functional groups attached to an aromatic ring is 1. The van der Waals surface area contributed by atoms with Crippen LogP contribution in [0.1, 0.15) is 12.8 Å². The zero-order valence-electron chi connectivity index (χ0n) is 11.6. The Balaban J connectivity index is 2.16. The molecule has 0 spiro atoms. The fourth-order valence-electron chi connectivity index (χ4n) is 2.39. The monoisotopic (exact) mass is 299 g/mol. The number of hydrogen-bond donors (Lipinski definition) is 2. The Hall–Kier alpha value is -1.15. The lowest BCUT2D eigenvalue weighted by Gasteiger charge is -2.27. The van der Waals surface area contributed by atoms with Crippen molar-refractivity contribution in [1.82, 2.24) is 4.31 Å². The van der Waals surface area contributed by atoms with E-state index in [0.717, 1.165) is 19.4 Å². The normalized spacial score (nSPS) is 20.1. The first-order valence-electron chi connectivity index (χ1n) is 6.65. The maximum absolute atomic E-state index is 12.6. The van der Waals surface area contributed by atoms with Crippen molar-refractivity contribution < 1.29 is 13.2 Å². The number of nitrogens with one attached hydrogen (secondary N) is 1. The highest BCUT2D eigenvalue weighted by atomic mass is 32.2. The minimum atomic E-state index is -3.55. The van der Waals surface area contributed by atoms with E-state index >= 15 is 0 Å². The molecule has 0 amide bonds. The second kappa shape index (κ2) is 6.53. The highest BCUT2D eigenvalue weighted by Crippen LogP contribution is 2.24. The number of nitrogens with zero attached hydrogens (tertiary/aromatic N) is 1. The molecule has 3 N–H and O–H groups in total. The Morgan fingerprint density at radius 3 is 2.85 bits per heavy atom. The molecule has 1 fully saturated rings. The van der Waals surface area contributed by atoms with Crippen LogP contribution in [0, 0.1) is 5.92 Å². The van der Waals surface area contributed by atoms with Gasteiger partial charge in [0.05, 0.1) is 12.3 Å². The van der Waals surface area contributed by atoms with Crippen molar-refractivity contribution in [3.8, 4) is 0 Å². The van der Waals surface area contributed by atoms with Gasteiger partial charge in [-0.1, -0.05) is 12.1 Å². The van der Waals surface area contributed by atoms with Gasteiger partial charge in [-0.25, -0.2) is 12.7 Å². The summed E-state index contributed by atoms with van der Waals surface area (Å²) in [6, 6.07) is 6.62. The molecular formula is C13H21N3O3S. The van der Waals surface area contributed by atoms with Crippen LogP contribution in [0.25, 0.3) is 0 Å². The SMILES string of the molecule is CN(CC1CCCOC1)S(=O)(=O)c1ccccc1NN. The third-order valence-corrected chi connectivity index (χ3v) is 5.38. The molecule has 1 aliphatic rings. The molecule has 112 valence electrons. The van der Waals surface area contributed by atoms with Crippen LogP contribution in [0.5, 0.6) is 0 Å². The number of nitrogens with two attached hydrogens (primary N) is 1. The second-order valence-corrected chi connectivity index (χ2v) is 7.02. The zero-order valence-corrected chi connectivity index (χ0v) is 12.4. The first-order chi connectivity index (χ1) is 9.55. The number of rotatable bonds is 5. The lowest BCUT2D eigenvalue weighted by molar-refractivity contribution is 0.0495. The maximum atomic E-state index is 12.6. The Morgan fingerprint density at radius 1 is 1.45 bits per heavy atom. The molecular weight excluding hydrogens is 278 g/mol. The lowest BCUT2D eigenvalue weighted by Crippen LogP contribution is -2.35. The van der Waals surface area contributed by atoms with Crippen molar-refractivity contribution in [2.45, 2.75) is 17.7 Å². The molecule has 20 heavy (non-hydrogen) atoms. The van der Waals surface area contributed by atoms with Crippen LogP contribution in [-0.4, -0.2) is 39.5 Å². The summed E-state index contributed by atoms with van der Waals surface area (Å²) in [7, 11) is -1.95. The van der Waals surface area contributed by atoms with E-state index < -0.39 is 10.0 Å². The van der Waals surface area contributed by atoms with Gasteiger partial charge in [-0.2, -0.15) is 0 Å². The number of para-hydroxylation sites is 1. The van der Waals surface area contributed by atoms with Gasteiger partial charge in [-0.3, -0.25) is 5.84 Å². The van der Waals surface area contributed by atoms with E-state index in [1.807, 2.05) is 0 Å². The molecule has 1 saturated heterocycles. The van der Waals surface area contributed by atoms with Crippen molar-refractivity contribution in [3.63, 3.8) is 0 Å². The molecule has 2 rings (SSSR count). The van der Waals surface area contributed by atoms with Crippen LogP contribution >= 0.6 is 0 Å². The Morgan fingerprint density at radius 2 is 2.20 bits per heavy atom. The third kappa shape index (κ3) is 3.29. The van der Waals surface area contributed by atoms with Crippen molar-refractivity contribution in [3.05, 3.63) is 24.3 Å². The first kappa shape index (κ1) is 15.2. The fourth-order valence-corrected chi connectivity index (χ4v) is 3.79. The molecule has 1 unspecified atom stereocenters. The van der Waals surface area contributed by atoms with E-state index in [0.29, 0.717) is 18.8 Å². The van der Waals surface area contributed by atoms with Crippen LogP contribution in [-0.2, 0) is 14.8 Å². The molecule has 1 aromatic rings. The van der Waals surface area contributed by atoms with Crippen molar-refractivity contribution in [2.24, 2.45) is 11.8 Å². The summed E-state index contributed by atoms with van der Waals surface area (Å²) >= 11 is 0. The standard InChI is InChI=1S/C13H21N3O3S/c1-16(9-11-5-4-8-19-10-11)20(17,18)13-7-3-2-6-12(13)15-14/h2-3,6-7,11,15H,4-5,8-10,14H2,1H3. The first-order valence-corrected chi connectivity index (χ1v) is 8.09. The predicted molar refractivity (Wildman–Crippen MR) is 77.6 cm³/mol. The molecule has 0 saturated carbocycles. The molecule has 1 heterocycles. The number of sulfonamides is 1. The quantitative estimate of drug-likeness (QED) is 0.626. The van der Waals surface area contributed by atoms with E-state index in [9.17, 15) is 8.42 Å². The van der Waals surface area contributed by atoms with E-state index in [1.165, 1.54) is 4.31 Å². The number of benzene rings is 1. The van der Waals surface area contributed by atoms with E-state index in [1.54, 1.807) is 31.3 Å². The summed E-state index contributed by atoms with van der Waals surface area (Å²) in [5, 5.41) is 0. The molecule has 0 bridgehead atoms. The lowest BCUT2D eigenvalue weighted by atomic mass is 10.0. The second-order valence-electron chi connectivity index (χ2n) is 5.01. The van der Waals surface area contributed by atoms with Gasteiger partial charge in [-0.05, 0) is 30.9 Å². The van der Waals surface area contributed by atoms with Gasteiger partial charge in [0.1, 0.15) is 4.90 Å². The van der Waals surface area contributed by atoms with Gasteiger partial charge < -0.3 is 10.2 Å². The number of ether oxygens (including phenoxy) is 1. The third-order valence-electron chi connectivity index (χ3n) is 3.50. The fraction of sp³-hybridized carbons (Fsp3) is 0.538. The van der Waals surface area contributed by atoms with Crippen LogP contribution in [0.2, 0.25) is 0 Å². The summed E-state index contributed by atoms with van der Waals surface area (Å²) in [5.41, 5.74) is 2.83. The van der Waals surface area contributed by atoms with Crippen molar-refractivity contribution >= 4 is 15.7 Å². The maximum Gasteiger partial charge on any atom is 0.244 e. The minimum absolute atomic E-state index is 0.196. The Kier molecular flexibility index (Phi) is 4.98. The molecule has 7 heteroatoms. The van der Waals surface area contributed by atoms with E-state index in [2.05, 4.69) is 5.43 Å². The van der Waals surface area contributed by atoms with Crippen LogP contribution < -0.4 is 11.3 Å². The van der Waals surface area contributed by atoms with E-state index in [-0.39, 0.29) is 10.8 Å². The molecule has 0 aromatic heterocycles. The molecule has 0 aliphatic carbocycles. The van der Waals surface area contributed by atoms with Gasteiger partial charge in [0.25, 0.3) is 0 Å². The largest absolute Gasteiger partial charge is 0.381 e. The zero-order chi connectivity index (χ0) is 14.6. The van der Waals surface area contributed by atoms with Crippen molar-refractivity contribution in [1.29, 1.82) is 0 Å². The van der Waals surface area contributed by atoms with Crippen LogP contribution in [0.3, 0.4) is 0 Å². The van der Waals surface area contributed by atoms with Gasteiger partial charge in [0, 0.05) is 20.2 Å². The number of hydrogen-bond acceptors (Lipinski definition) is 5. The summed E-state index contributed by atoms with van der Waals surface area (Å²) in [6.45, 7) is 1.85. The number of anilines is 1. The van der Waals surface area contributed by atoms with Gasteiger partial charge in [-0.15, -0.1) is 0 Å². The highest BCUT2D eigenvalue weighted by Gasteiger charge is 2.26. The molecule has 1 aromatic carbocycles. The topological polar surface area (TPSA) is 84.7 Å². The van der Waals surface area contributed by atoms with Gasteiger partial charge in [0.2, 0.25) is 10.0 Å². The number of hydrazine groups is 1.